The van der Waals surface area contributed by atoms with Crippen molar-refractivity contribution in [3.8, 4) is 5.75 Å². The van der Waals surface area contributed by atoms with Crippen LogP contribution in [0.4, 0.5) is 0 Å². The molecule has 7 nitrogen and oxygen atoms in total. The molecule has 1 aliphatic rings. The molecule has 0 N–H and O–H groups in total. The predicted octanol–water partition coefficient (Wildman–Crippen LogP) is 0.231. The Hall–Kier alpha value is -1.64. The second kappa shape index (κ2) is 7.96. The number of piperazine rings is 1. The van der Waals surface area contributed by atoms with Gasteiger partial charge >= 0.3 is 0 Å². The smallest absolute Gasteiger partial charge is 0.237 e. The van der Waals surface area contributed by atoms with Crippen LogP contribution in [-0.2, 0) is 21.4 Å². The standard InChI is InChI=1S/C16H25N3O4S/c1-17-8-10-18(11-9-17)16(20)13-19(24(3,21)22)12-14-4-6-15(23-2)7-5-14/h4-7H,8-13H2,1-3H3. The van der Waals surface area contributed by atoms with Gasteiger partial charge in [0.1, 0.15) is 5.75 Å². The van der Waals surface area contributed by atoms with Gasteiger partial charge in [-0.2, -0.15) is 4.31 Å². The minimum absolute atomic E-state index is 0.130. The SMILES string of the molecule is COc1ccc(CN(CC(=O)N2CCN(C)CC2)S(C)(=O)=O)cc1. The first kappa shape index (κ1) is 18.7. The lowest BCUT2D eigenvalue weighted by Crippen LogP contribution is -2.50. The molecule has 1 aromatic carbocycles. The average molecular weight is 355 g/mol. The largest absolute Gasteiger partial charge is 0.497 e. The Morgan fingerprint density at radius 3 is 2.25 bits per heavy atom. The van der Waals surface area contributed by atoms with Crippen molar-refractivity contribution in [3.05, 3.63) is 29.8 Å². The van der Waals surface area contributed by atoms with Crippen molar-refractivity contribution in [1.29, 1.82) is 0 Å². The topological polar surface area (TPSA) is 70.2 Å². The van der Waals surface area contributed by atoms with E-state index >= 15 is 0 Å². The summed E-state index contributed by atoms with van der Waals surface area (Å²) in [5, 5.41) is 0. The van der Waals surface area contributed by atoms with Crippen LogP contribution in [0.2, 0.25) is 0 Å². The van der Waals surface area contributed by atoms with Crippen LogP contribution >= 0.6 is 0 Å². The number of nitrogens with zero attached hydrogens (tertiary/aromatic N) is 3. The molecule has 1 amide bonds. The second-order valence-corrected chi connectivity index (χ2v) is 8.05. The Morgan fingerprint density at radius 2 is 1.75 bits per heavy atom. The van der Waals surface area contributed by atoms with Crippen LogP contribution in [0.3, 0.4) is 0 Å². The summed E-state index contributed by atoms with van der Waals surface area (Å²) in [4.78, 5) is 16.3. The molecule has 1 aliphatic heterocycles. The van der Waals surface area contributed by atoms with Crippen molar-refractivity contribution in [2.75, 3.05) is 53.1 Å². The minimum Gasteiger partial charge on any atom is -0.497 e. The summed E-state index contributed by atoms with van der Waals surface area (Å²) < 4.78 is 30.4. The van der Waals surface area contributed by atoms with E-state index in [9.17, 15) is 13.2 Å². The number of carbonyl (C=O) groups is 1. The fraction of sp³-hybridized carbons (Fsp3) is 0.562. The number of methoxy groups -OCH3 is 1. The molecule has 1 fully saturated rings. The van der Waals surface area contributed by atoms with Crippen LogP contribution in [0.1, 0.15) is 5.56 Å². The number of rotatable bonds is 6. The van der Waals surface area contributed by atoms with Crippen molar-refractivity contribution in [3.63, 3.8) is 0 Å². The average Bonchev–Trinajstić information content (AvgIpc) is 2.54. The highest BCUT2D eigenvalue weighted by molar-refractivity contribution is 7.88. The van der Waals surface area contributed by atoms with Gasteiger partial charge in [0, 0.05) is 32.7 Å². The summed E-state index contributed by atoms with van der Waals surface area (Å²) in [6.45, 7) is 2.92. The number of amides is 1. The monoisotopic (exact) mass is 355 g/mol. The Bertz CT molecular complexity index is 652. The molecule has 0 aliphatic carbocycles. The maximum absolute atomic E-state index is 12.4. The molecule has 2 rings (SSSR count). The molecule has 0 spiro atoms. The molecule has 1 aromatic rings. The number of hydrogen-bond donors (Lipinski definition) is 0. The lowest BCUT2D eigenvalue weighted by molar-refractivity contribution is -0.133. The summed E-state index contributed by atoms with van der Waals surface area (Å²) in [7, 11) is 0.105. The zero-order valence-corrected chi connectivity index (χ0v) is 15.3. The number of hydrogen-bond acceptors (Lipinski definition) is 5. The van der Waals surface area contributed by atoms with E-state index in [4.69, 9.17) is 4.74 Å². The first-order chi connectivity index (χ1) is 11.3. The van der Waals surface area contributed by atoms with E-state index in [1.807, 2.05) is 7.05 Å². The van der Waals surface area contributed by atoms with Crippen LogP contribution in [0.5, 0.6) is 5.75 Å². The summed E-state index contributed by atoms with van der Waals surface area (Å²) >= 11 is 0. The van der Waals surface area contributed by atoms with Crippen molar-refractivity contribution >= 4 is 15.9 Å². The number of ether oxygens (including phenoxy) is 1. The maximum Gasteiger partial charge on any atom is 0.237 e. The maximum atomic E-state index is 12.4. The number of sulfonamides is 1. The van der Waals surface area contributed by atoms with E-state index in [0.717, 1.165) is 24.9 Å². The molecular weight excluding hydrogens is 330 g/mol. The van der Waals surface area contributed by atoms with Gasteiger partial charge in [-0.3, -0.25) is 4.79 Å². The molecule has 0 atom stereocenters. The molecule has 1 heterocycles. The fourth-order valence-corrected chi connectivity index (χ4v) is 3.26. The highest BCUT2D eigenvalue weighted by Crippen LogP contribution is 2.15. The van der Waals surface area contributed by atoms with Crippen LogP contribution < -0.4 is 4.74 Å². The third-order valence-corrected chi connectivity index (χ3v) is 5.35. The van der Waals surface area contributed by atoms with Crippen LogP contribution in [-0.4, -0.2) is 81.6 Å². The summed E-state index contributed by atoms with van der Waals surface area (Å²) in [5.41, 5.74) is 0.812. The number of benzene rings is 1. The first-order valence-corrected chi connectivity index (χ1v) is 9.69. The van der Waals surface area contributed by atoms with Gasteiger partial charge < -0.3 is 14.5 Å². The fourth-order valence-electron chi connectivity index (χ4n) is 2.53. The third-order valence-electron chi connectivity index (χ3n) is 4.15. The van der Waals surface area contributed by atoms with Crippen LogP contribution in [0.25, 0.3) is 0 Å². The van der Waals surface area contributed by atoms with Gasteiger partial charge in [0.15, 0.2) is 0 Å². The lowest BCUT2D eigenvalue weighted by atomic mass is 10.2. The quantitative estimate of drug-likeness (QED) is 0.731. The molecular formula is C16H25N3O4S. The van der Waals surface area contributed by atoms with Gasteiger partial charge in [-0.15, -0.1) is 0 Å². The zero-order valence-electron chi connectivity index (χ0n) is 14.4. The van der Waals surface area contributed by atoms with E-state index in [1.54, 1.807) is 36.3 Å². The Balaban J connectivity index is 2.04. The molecule has 8 heteroatoms. The number of carbonyl (C=O) groups excluding carboxylic acids is 1. The Kier molecular flexibility index (Phi) is 6.20. The molecule has 0 radical (unpaired) electrons. The van der Waals surface area contributed by atoms with Crippen molar-refractivity contribution in [1.82, 2.24) is 14.1 Å². The molecule has 134 valence electrons. The van der Waals surface area contributed by atoms with E-state index in [-0.39, 0.29) is 19.0 Å². The molecule has 0 saturated carbocycles. The van der Waals surface area contributed by atoms with Gasteiger partial charge in [0.05, 0.1) is 19.9 Å². The van der Waals surface area contributed by atoms with Crippen molar-refractivity contribution in [2.24, 2.45) is 0 Å². The second-order valence-electron chi connectivity index (χ2n) is 6.06. The Labute approximate surface area is 143 Å². The highest BCUT2D eigenvalue weighted by atomic mass is 32.2. The van der Waals surface area contributed by atoms with Gasteiger partial charge in [-0.05, 0) is 24.7 Å². The van der Waals surface area contributed by atoms with Gasteiger partial charge in [-0.1, -0.05) is 12.1 Å². The predicted molar refractivity (Wildman–Crippen MR) is 92.3 cm³/mol. The molecule has 24 heavy (non-hydrogen) atoms. The third kappa shape index (κ3) is 5.19. The first-order valence-electron chi connectivity index (χ1n) is 7.84. The van der Waals surface area contributed by atoms with E-state index in [1.165, 1.54) is 4.31 Å². The van der Waals surface area contributed by atoms with E-state index in [2.05, 4.69) is 4.90 Å². The lowest BCUT2D eigenvalue weighted by Gasteiger charge is -2.33. The zero-order chi connectivity index (χ0) is 17.7. The minimum atomic E-state index is -3.48. The highest BCUT2D eigenvalue weighted by Gasteiger charge is 2.25. The normalized spacial score (nSPS) is 16.4. The van der Waals surface area contributed by atoms with Gasteiger partial charge in [0.25, 0.3) is 0 Å². The van der Waals surface area contributed by atoms with Crippen LogP contribution in [0, 0.1) is 0 Å². The van der Waals surface area contributed by atoms with Gasteiger partial charge in [0.2, 0.25) is 15.9 Å². The summed E-state index contributed by atoms with van der Waals surface area (Å²) in [6, 6.07) is 7.16. The van der Waals surface area contributed by atoms with Crippen molar-refractivity contribution in [2.45, 2.75) is 6.54 Å². The Morgan fingerprint density at radius 1 is 1.17 bits per heavy atom. The molecule has 0 unspecified atom stereocenters. The molecule has 0 aromatic heterocycles. The van der Waals surface area contributed by atoms with E-state index < -0.39 is 10.0 Å². The number of likely N-dealkylation sites (N-methyl/N-ethyl adjacent to an activating group) is 1. The summed E-state index contributed by atoms with van der Waals surface area (Å²) in [6.07, 6.45) is 1.13. The molecule has 0 bridgehead atoms. The van der Waals surface area contributed by atoms with Crippen molar-refractivity contribution < 1.29 is 17.9 Å². The summed E-state index contributed by atoms with van der Waals surface area (Å²) in [5.74, 6) is 0.556. The van der Waals surface area contributed by atoms with Gasteiger partial charge in [-0.25, -0.2) is 8.42 Å². The van der Waals surface area contributed by atoms with Crippen LogP contribution in [0.15, 0.2) is 24.3 Å². The van der Waals surface area contributed by atoms with E-state index in [0.29, 0.717) is 18.8 Å². The molecule has 1 saturated heterocycles.